The highest BCUT2D eigenvalue weighted by Crippen LogP contribution is 2.38. The van der Waals surface area contributed by atoms with Gasteiger partial charge in [-0.2, -0.15) is 0 Å². The van der Waals surface area contributed by atoms with Gasteiger partial charge in [0.1, 0.15) is 11.6 Å². The standard InChI is InChI=1S/C15H9BrClFO2/c16-11-3-1-2-8-6-13(19)15(20-14(8)11)10-5-4-9(17)7-12(10)18/h1-5,7,15H,6H2. The van der Waals surface area contributed by atoms with Gasteiger partial charge < -0.3 is 4.74 Å². The predicted molar refractivity (Wildman–Crippen MR) is 77.6 cm³/mol. The summed E-state index contributed by atoms with van der Waals surface area (Å²) in [6.45, 7) is 0. The van der Waals surface area contributed by atoms with Gasteiger partial charge in [-0.05, 0) is 34.1 Å². The second kappa shape index (κ2) is 5.19. The van der Waals surface area contributed by atoms with E-state index >= 15 is 0 Å². The van der Waals surface area contributed by atoms with Crippen LogP contribution < -0.4 is 4.74 Å². The molecule has 1 unspecified atom stereocenters. The summed E-state index contributed by atoms with van der Waals surface area (Å²) in [5.74, 6) is -0.116. The molecule has 0 saturated carbocycles. The highest BCUT2D eigenvalue weighted by Gasteiger charge is 2.32. The molecule has 0 saturated heterocycles. The Morgan fingerprint density at radius 2 is 2.10 bits per heavy atom. The average Bonchev–Trinajstić information content (AvgIpc) is 2.39. The average molecular weight is 356 g/mol. The molecule has 1 atom stereocenters. The summed E-state index contributed by atoms with van der Waals surface area (Å²) in [6.07, 6.45) is -0.708. The molecule has 0 aliphatic carbocycles. The van der Waals surface area contributed by atoms with Gasteiger partial charge in [-0.25, -0.2) is 4.39 Å². The van der Waals surface area contributed by atoms with E-state index in [9.17, 15) is 9.18 Å². The number of hydrogen-bond acceptors (Lipinski definition) is 2. The zero-order valence-electron chi connectivity index (χ0n) is 10.2. The predicted octanol–water partition coefficient (Wildman–Crippen LogP) is 4.49. The van der Waals surface area contributed by atoms with Crippen LogP contribution in [0.15, 0.2) is 40.9 Å². The number of fused-ring (bicyclic) bond motifs is 1. The molecule has 0 aromatic heterocycles. The Bertz CT molecular complexity index is 702. The van der Waals surface area contributed by atoms with Crippen LogP contribution in [0.5, 0.6) is 5.75 Å². The van der Waals surface area contributed by atoms with E-state index in [0.29, 0.717) is 5.75 Å². The third-order valence-electron chi connectivity index (χ3n) is 3.19. The van der Waals surface area contributed by atoms with E-state index in [1.54, 1.807) is 6.07 Å². The summed E-state index contributed by atoms with van der Waals surface area (Å²) in [7, 11) is 0. The Hall–Kier alpha value is -1.39. The number of rotatable bonds is 1. The number of ketones is 1. The molecule has 0 N–H and O–H groups in total. The van der Waals surface area contributed by atoms with Crippen molar-refractivity contribution in [3.8, 4) is 5.75 Å². The zero-order chi connectivity index (χ0) is 14.3. The second-order valence-electron chi connectivity index (χ2n) is 4.53. The lowest BCUT2D eigenvalue weighted by molar-refractivity contribution is -0.126. The third-order valence-corrected chi connectivity index (χ3v) is 4.05. The van der Waals surface area contributed by atoms with Crippen molar-refractivity contribution in [3.05, 3.63) is 62.8 Å². The Morgan fingerprint density at radius 3 is 2.85 bits per heavy atom. The van der Waals surface area contributed by atoms with Crippen molar-refractivity contribution >= 4 is 33.3 Å². The molecule has 3 rings (SSSR count). The molecule has 0 bridgehead atoms. The quantitative estimate of drug-likeness (QED) is 0.753. The summed E-state index contributed by atoms with van der Waals surface area (Å²) in [6, 6.07) is 9.70. The van der Waals surface area contributed by atoms with Crippen molar-refractivity contribution in [1.29, 1.82) is 0 Å². The monoisotopic (exact) mass is 354 g/mol. The Morgan fingerprint density at radius 1 is 1.30 bits per heavy atom. The maximum atomic E-state index is 14.0. The largest absolute Gasteiger partial charge is 0.476 e. The molecular weight excluding hydrogens is 347 g/mol. The van der Waals surface area contributed by atoms with Gasteiger partial charge in [-0.3, -0.25) is 4.79 Å². The maximum Gasteiger partial charge on any atom is 0.185 e. The molecule has 0 fully saturated rings. The molecule has 20 heavy (non-hydrogen) atoms. The lowest BCUT2D eigenvalue weighted by atomic mass is 9.96. The SMILES string of the molecule is O=C1Cc2cccc(Br)c2OC1c1ccc(Cl)cc1F. The van der Waals surface area contributed by atoms with Gasteiger partial charge in [0.15, 0.2) is 11.9 Å². The van der Waals surface area contributed by atoms with E-state index in [4.69, 9.17) is 16.3 Å². The number of halogens is 3. The molecule has 1 aliphatic rings. The van der Waals surface area contributed by atoms with E-state index in [1.165, 1.54) is 12.1 Å². The Balaban J connectivity index is 2.04. The third kappa shape index (κ3) is 2.34. The van der Waals surface area contributed by atoms with Crippen LogP contribution >= 0.6 is 27.5 Å². The fraction of sp³-hybridized carbons (Fsp3) is 0.133. The molecule has 0 radical (unpaired) electrons. The van der Waals surface area contributed by atoms with Crippen LogP contribution in [0.2, 0.25) is 5.02 Å². The van der Waals surface area contributed by atoms with Gasteiger partial charge >= 0.3 is 0 Å². The van der Waals surface area contributed by atoms with Crippen LogP contribution in [0.4, 0.5) is 4.39 Å². The van der Waals surface area contributed by atoms with Gasteiger partial charge in [0.05, 0.1) is 4.47 Å². The van der Waals surface area contributed by atoms with Gasteiger partial charge in [0.25, 0.3) is 0 Å². The van der Waals surface area contributed by atoms with Crippen molar-refractivity contribution in [2.24, 2.45) is 0 Å². The van der Waals surface area contributed by atoms with E-state index < -0.39 is 11.9 Å². The van der Waals surface area contributed by atoms with Gasteiger partial charge in [-0.15, -0.1) is 0 Å². The van der Waals surface area contributed by atoms with Crippen LogP contribution in [0, 0.1) is 5.82 Å². The number of benzene rings is 2. The van der Waals surface area contributed by atoms with E-state index in [0.717, 1.165) is 10.0 Å². The van der Waals surface area contributed by atoms with Crippen LogP contribution in [0.25, 0.3) is 0 Å². The number of hydrogen-bond donors (Lipinski definition) is 0. The molecule has 0 spiro atoms. The van der Waals surface area contributed by atoms with Crippen LogP contribution in [0.3, 0.4) is 0 Å². The van der Waals surface area contributed by atoms with Gasteiger partial charge in [0.2, 0.25) is 0 Å². The lowest BCUT2D eigenvalue weighted by Crippen LogP contribution is -2.26. The van der Waals surface area contributed by atoms with E-state index in [2.05, 4.69) is 15.9 Å². The van der Waals surface area contributed by atoms with Crippen molar-refractivity contribution in [2.45, 2.75) is 12.5 Å². The molecule has 2 nitrogen and oxygen atoms in total. The van der Waals surface area contributed by atoms with Crippen LogP contribution in [0.1, 0.15) is 17.2 Å². The first-order valence-electron chi connectivity index (χ1n) is 5.98. The molecule has 0 amide bonds. The minimum atomic E-state index is -0.932. The number of para-hydroxylation sites is 1. The van der Waals surface area contributed by atoms with Crippen LogP contribution in [-0.2, 0) is 11.2 Å². The summed E-state index contributed by atoms with van der Waals surface area (Å²) in [5.41, 5.74) is 1.01. The molecule has 1 heterocycles. The fourth-order valence-corrected chi connectivity index (χ4v) is 2.90. The smallest absolute Gasteiger partial charge is 0.185 e. The second-order valence-corrected chi connectivity index (χ2v) is 5.83. The summed E-state index contributed by atoms with van der Waals surface area (Å²) in [4.78, 5) is 12.2. The first-order chi connectivity index (χ1) is 9.56. The summed E-state index contributed by atoms with van der Waals surface area (Å²) < 4.78 is 20.4. The Kier molecular flexibility index (Phi) is 3.52. The number of ether oxygens (including phenoxy) is 1. The minimum absolute atomic E-state index is 0.170. The Labute approximate surface area is 128 Å². The summed E-state index contributed by atoms with van der Waals surface area (Å²) >= 11 is 9.11. The highest BCUT2D eigenvalue weighted by atomic mass is 79.9. The molecule has 2 aromatic carbocycles. The normalized spacial score (nSPS) is 17.6. The van der Waals surface area contributed by atoms with Gasteiger partial charge in [-0.1, -0.05) is 29.8 Å². The molecule has 2 aromatic rings. The van der Waals surface area contributed by atoms with Crippen molar-refractivity contribution < 1.29 is 13.9 Å². The minimum Gasteiger partial charge on any atom is -0.476 e. The molecule has 5 heteroatoms. The number of carbonyl (C=O) groups is 1. The number of carbonyl (C=O) groups excluding carboxylic acids is 1. The highest BCUT2D eigenvalue weighted by molar-refractivity contribution is 9.10. The van der Waals surface area contributed by atoms with E-state index in [-0.39, 0.29) is 22.8 Å². The van der Waals surface area contributed by atoms with Crippen molar-refractivity contribution in [3.63, 3.8) is 0 Å². The van der Waals surface area contributed by atoms with E-state index in [1.807, 2.05) is 18.2 Å². The van der Waals surface area contributed by atoms with Crippen molar-refractivity contribution in [2.75, 3.05) is 0 Å². The van der Waals surface area contributed by atoms with Gasteiger partial charge in [0, 0.05) is 22.6 Å². The van der Waals surface area contributed by atoms with Crippen molar-refractivity contribution in [1.82, 2.24) is 0 Å². The summed E-state index contributed by atoms with van der Waals surface area (Å²) in [5, 5.41) is 0.288. The lowest BCUT2D eigenvalue weighted by Gasteiger charge is -2.26. The zero-order valence-corrected chi connectivity index (χ0v) is 12.5. The van der Waals surface area contributed by atoms with Crippen LogP contribution in [-0.4, -0.2) is 5.78 Å². The molecule has 102 valence electrons. The topological polar surface area (TPSA) is 26.3 Å². The fourth-order valence-electron chi connectivity index (χ4n) is 2.24. The molecule has 1 aliphatic heterocycles. The molecular formula is C15H9BrClFO2. The first kappa shape index (κ1) is 13.6. The maximum absolute atomic E-state index is 14.0. The number of Topliss-reactive ketones (excluding diaryl/α,β-unsaturated/α-hetero) is 1. The first-order valence-corrected chi connectivity index (χ1v) is 7.15.